The van der Waals surface area contributed by atoms with Gasteiger partial charge in [-0.3, -0.25) is 14.5 Å². The van der Waals surface area contributed by atoms with Gasteiger partial charge in [0.15, 0.2) is 5.69 Å². The molecule has 8 nitrogen and oxygen atoms in total. The summed E-state index contributed by atoms with van der Waals surface area (Å²) in [5, 5.41) is 12.7. The second-order valence-electron chi connectivity index (χ2n) is 4.77. The van der Waals surface area contributed by atoms with Crippen LogP contribution in [0.15, 0.2) is 6.20 Å². The minimum absolute atomic E-state index is 0.0446. The summed E-state index contributed by atoms with van der Waals surface area (Å²) in [5.41, 5.74) is 0.333. The number of hydrogen-bond donors (Lipinski definition) is 2. The molecule has 0 saturated carbocycles. The van der Waals surface area contributed by atoms with Crippen molar-refractivity contribution in [3.8, 4) is 0 Å². The van der Waals surface area contributed by atoms with Crippen LogP contribution < -0.4 is 5.32 Å². The van der Waals surface area contributed by atoms with E-state index < -0.39 is 0 Å². The predicted octanol–water partition coefficient (Wildman–Crippen LogP) is -0.911. The Morgan fingerprint density at radius 2 is 2.10 bits per heavy atom. The van der Waals surface area contributed by atoms with Crippen LogP contribution in [0.25, 0.3) is 0 Å². The van der Waals surface area contributed by atoms with Gasteiger partial charge in [-0.25, -0.2) is 0 Å². The van der Waals surface area contributed by atoms with Crippen LogP contribution in [0.1, 0.15) is 23.8 Å². The van der Waals surface area contributed by atoms with Gasteiger partial charge in [0, 0.05) is 32.7 Å². The van der Waals surface area contributed by atoms with E-state index in [2.05, 4.69) is 25.6 Å². The van der Waals surface area contributed by atoms with Crippen LogP contribution in [0.3, 0.4) is 0 Å². The average molecular weight is 280 g/mol. The Labute approximate surface area is 117 Å². The van der Waals surface area contributed by atoms with Crippen molar-refractivity contribution in [3.05, 3.63) is 11.9 Å². The van der Waals surface area contributed by atoms with E-state index in [0.29, 0.717) is 45.0 Å². The van der Waals surface area contributed by atoms with Gasteiger partial charge < -0.3 is 10.2 Å². The highest BCUT2D eigenvalue weighted by Gasteiger charge is 2.24. The monoisotopic (exact) mass is 280 g/mol. The van der Waals surface area contributed by atoms with Crippen molar-refractivity contribution in [2.75, 3.05) is 39.3 Å². The maximum atomic E-state index is 12.0. The molecule has 2 N–H and O–H groups in total. The lowest BCUT2D eigenvalue weighted by Gasteiger charge is -2.33. The lowest BCUT2D eigenvalue weighted by molar-refractivity contribution is -0.122. The molecule has 1 aromatic rings. The molecule has 0 atom stereocenters. The Hall–Kier alpha value is -1.96. The summed E-state index contributed by atoms with van der Waals surface area (Å²) >= 11 is 0. The number of piperazine rings is 1. The van der Waals surface area contributed by atoms with E-state index in [0.717, 1.165) is 6.42 Å². The van der Waals surface area contributed by atoms with Crippen molar-refractivity contribution < 1.29 is 9.59 Å². The number of hydrogen-bond acceptors (Lipinski definition) is 5. The molecule has 1 aliphatic heterocycles. The minimum atomic E-state index is -0.117. The SMILES string of the molecule is CCCNC(=O)CN1CCN(C(=O)c2cn[nH]n2)CC1. The molecule has 1 saturated heterocycles. The smallest absolute Gasteiger partial charge is 0.276 e. The molecule has 2 amide bonds. The van der Waals surface area contributed by atoms with Crippen LogP contribution in [-0.4, -0.2) is 76.3 Å². The van der Waals surface area contributed by atoms with Gasteiger partial charge in [-0.05, 0) is 6.42 Å². The molecule has 0 radical (unpaired) electrons. The van der Waals surface area contributed by atoms with Crippen molar-refractivity contribution in [1.82, 2.24) is 30.5 Å². The highest BCUT2D eigenvalue weighted by molar-refractivity contribution is 5.92. The molecule has 8 heteroatoms. The van der Waals surface area contributed by atoms with Crippen LogP contribution in [0.4, 0.5) is 0 Å². The molecule has 2 heterocycles. The van der Waals surface area contributed by atoms with Crippen LogP contribution in [0, 0.1) is 0 Å². The zero-order chi connectivity index (χ0) is 14.4. The Balaban J connectivity index is 1.75. The molecule has 1 aromatic heterocycles. The van der Waals surface area contributed by atoms with Crippen LogP contribution in [-0.2, 0) is 4.79 Å². The van der Waals surface area contributed by atoms with E-state index >= 15 is 0 Å². The van der Waals surface area contributed by atoms with Crippen LogP contribution in [0.2, 0.25) is 0 Å². The molecule has 1 fully saturated rings. The lowest BCUT2D eigenvalue weighted by atomic mass is 10.3. The van der Waals surface area contributed by atoms with Crippen molar-refractivity contribution in [3.63, 3.8) is 0 Å². The molecule has 110 valence electrons. The first-order chi connectivity index (χ1) is 9.70. The first-order valence-corrected chi connectivity index (χ1v) is 6.84. The highest BCUT2D eigenvalue weighted by atomic mass is 16.2. The van der Waals surface area contributed by atoms with E-state index in [1.807, 2.05) is 6.92 Å². The summed E-state index contributed by atoms with van der Waals surface area (Å²) in [7, 11) is 0. The molecule has 0 unspecified atom stereocenters. The molecular formula is C12H20N6O2. The molecule has 2 rings (SSSR count). The minimum Gasteiger partial charge on any atom is -0.355 e. The van der Waals surface area contributed by atoms with Crippen molar-refractivity contribution >= 4 is 11.8 Å². The molecule has 0 aromatic carbocycles. The van der Waals surface area contributed by atoms with Crippen LogP contribution >= 0.6 is 0 Å². The van der Waals surface area contributed by atoms with Crippen molar-refractivity contribution in [1.29, 1.82) is 0 Å². The Bertz CT molecular complexity index is 439. The van der Waals surface area contributed by atoms with Gasteiger partial charge in [-0.15, -0.1) is 0 Å². The quantitative estimate of drug-likeness (QED) is 0.728. The maximum absolute atomic E-state index is 12.0. The number of nitrogens with zero attached hydrogens (tertiary/aromatic N) is 4. The normalized spacial score (nSPS) is 16.1. The molecule has 0 bridgehead atoms. The van der Waals surface area contributed by atoms with E-state index in [1.165, 1.54) is 6.20 Å². The standard InChI is InChI=1S/C12H20N6O2/c1-2-3-13-11(19)9-17-4-6-18(7-5-17)12(20)10-8-14-16-15-10/h8H,2-7,9H2,1H3,(H,13,19)(H,14,15,16). The fourth-order valence-corrected chi connectivity index (χ4v) is 2.10. The number of amides is 2. The fourth-order valence-electron chi connectivity index (χ4n) is 2.10. The topological polar surface area (TPSA) is 94.2 Å². The third-order valence-electron chi connectivity index (χ3n) is 3.23. The van der Waals surface area contributed by atoms with Gasteiger partial charge in [0.2, 0.25) is 5.91 Å². The van der Waals surface area contributed by atoms with Crippen molar-refractivity contribution in [2.24, 2.45) is 0 Å². The number of aromatic nitrogens is 3. The predicted molar refractivity (Wildman–Crippen MR) is 72.0 cm³/mol. The summed E-state index contributed by atoms with van der Waals surface area (Å²) in [6, 6.07) is 0. The third-order valence-corrected chi connectivity index (χ3v) is 3.23. The zero-order valence-electron chi connectivity index (χ0n) is 11.6. The number of carbonyl (C=O) groups is 2. The number of H-pyrrole nitrogens is 1. The van der Waals surface area contributed by atoms with Gasteiger partial charge in [0.05, 0.1) is 12.7 Å². The molecule has 1 aliphatic rings. The first-order valence-electron chi connectivity index (χ1n) is 6.84. The van der Waals surface area contributed by atoms with Gasteiger partial charge >= 0.3 is 0 Å². The van der Waals surface area contributed by atoms with Gasteiger partial charge in [0.25, 0.3) is 5.91 Å². The Morgan fingerprint density at radius 3 is 2.70 bits per heavy atom. The highest BCUT2D eigenvalue weighted by Crippen LogP contribution is 2.05. The molecule has 0 aliphatic carbocycles. The summed E-state index contributed by atoms with van der Waals surface area (Å²) in [6.45, 7) is 5.73. The maximum Gasteiger partial charge on any atom is 0.276 e. The number of rotatable bonds is 5. The summed E-state index contributed by atoms with van der Waals surface area (Å²) in [6.07, 6.45) is 2.36. The van der Waals surface area contributed by atoms with E-state index in [9.17, 15) is 9.59 Å². The number of carbonyl (C=O) groups excluding carboxylic acids is 2. The Morgan fingerprint density at radius 1 is 1.35 bits per heavy atom. The second kappa shape index (κ2) is 6.99. The number of nitrogens with one attached hydrogen (secondary N) is 2. The van der Waals surface area contributed by atoms with E-state index in [-0.39, 0.29) is 11.8 Å². The number of aromatic amines is 1. The Kier molecular flexibility index (Phi) is 5.05. The van der Waals surface area contributed by atoms with E-state index in [4.69, 9.17) is 0 Å². The fraction of sp³-hybridized carbons (Fsp3) is 0.667. The second-order valence-corrected chi connectivity index (χ2v) is 4.77. The van der Waals surface area contributed by atoms with E-state index in [1.54, 1.807) is 4.90 Å². The van der Waals surface area contributed by atoms with Gasteiger partial charge in [-0.2, -0.15) is 15.4 Å². The average Bonchev–Trinajstić information content (AvgIpc) is 2.99. The molecule has 20 heavy (non-hydrogen) atoms. The lowest BCUT2D eigenvalue weighted by Crippen LogP contribution is -2.51. The summed E-state index contributed by atoms with van der Waals surface area (Å²) in [5.74, 6) is -0.0723. The zero-order valence-corrected chi connectivity index (χ0v) is 11.6. The third kappa shape index (κ3) is 3.77. The first kappa shape index (κ1) is 14.4. The van der Waals surface area contributed by atoms with Gasteiger partial charge in [0.1, 0.15) is 0 Å². The van der Waals surface area contributed by atoms with Gasteiger partial charge in [-0.1, -0.05) is 6.92 Å². The van der Waals surface area contributed by atoms with Crippen LogP contribution in [0.5, 0.6) is 0 Å². The molecular weight excluding hydrogens is 260 g/mol. The summed E-state index contributed by atoms with van der Waals surface area (Å²) in [4.78, 5) is 27.4. The van der Waals surface area contributed by atoms with Crippen molar-refractivity contribution in [2.45, 2.75) is 13.3 Å². The largest absolute Gasteiger partial charge is 0.355 e. The summed E-state index contributed by atoms with van der Waals surface area (Å²) < 4.78 is 0. The molecule has 0 spiro atoms.